The third-order valence-electron chi connectivity index (χ3n) is 6.43. The van der Waals surface area contributed by atoms with Crippen LogP contribution in [-0.4, -0.2) is 78.5 Å². The Kier molecular flexibility index (Phi) is 5.07. The lowest BCUT2D eigenvalue weighted by Gasteiger charge is -2.18. The molecule has 3 aliphatic rings. The van der Waals surface area contributed by atoms with Crippen molar-refractivity contribution in [3.05, 3.63) is 48.0 Å². The van der Waals surface area contributed by atoms with Crippen LogP contribution < -0.4 is 19.7 Å². The van der Waals surface area contributed by atoms with Gasteiger partial charge in [-0.15, -0.1) is 5.10 Å². The van der Waals surface area contributed by atoms with E-state index in [2.05, 4.69) is 20.8 Å². The summed E-state index contributed by atoms with van der Waals surface area (Å²) < 4.78 is 24.7. The molecule has 0 saturated carbocycles. The summed E-state index contributed by atoms with van der Waals surface area (Å²) in [5, 5.41) is 15.4. The largest absolute Gasteiger partial charge is 0.454 e. The molecule has 3 aliphatic heterocycles. The molecule has 0 spiro atoms. The number of carbonyl (C=O) groups is 1. The number of aromatic nitrogens is 4. The zero-order valence-electron chi connectivity index (χ0n) is 18.7. The molecule has 11 heteroatoms. The fourth-order valence-electron chi connectivity index (χ4n) is 4.62. The Bertz CT molecular complexity index is 1210. The van der Waals surface area contributed by atoms with Gasteiger partial charge in [0.2, 0.25) is 6.79 Å². The molecule has 3 aromatic rings. The average Bonchev–Trinajstić information content (AvgIpc) is 3.63. The molecule has 176 valence electrons. The maximum absolute atomic E-state index is 12.8. The number of ether oxygens (including phenoxy) is 4. The average molecular weight is 464 g/mol. The molecule has 4 heterocycles. The summed E-state index contributed by atoms with van der Waals surface area (Å²) >= 11 is 0. The van der Waals surface area contributed by atoms with Crippen LogP contribution in [0.5, 0.6) is 11.5 Å². The standard InChI is InChI=1S/C23H24N6O5/c1-28(2)15-6-3-13(4-7-15)23(30)24-16-10-31-21-17(11-32-20(16)21)29-22(25-26-27-29)14-5-8-18-19(9-14)34-12-33-18/h3-9,16-17,20-21H,10-12H2,1-2H3,(H,24,30)/t16-,17+,20-,21+/m1/s1. The molecular weight excluding hydrogens is 440 g/mol. The molecule has 1 aromatic heterocycles. The monoisotopic (exact) mass is 464 g/mol. The van der Waals surface area contributed by atoms with Crippen molar-refractivity contribution in [2.75, 3.05) is 39.0 Å². The number of benzene rings is 2. The highest BCUT2D eigenvalue weighted by Crippen LogP contribution is 2.38. The first-order chi connectivity index (χ1) is 16.6. The Morgan fingerprint density at radius 3 is 2.65 bits per heavy atom. The third-order valence-corrected chi connectivity index (χ3v) is 6.43. The normalized spacial score (nSPS) is 24.8. The van der Waals surface area contributed by atoms with Crippen LogP contribution >= 0.6 is 0 Å². The molecule has 4 atom stereocenters. The maximum Gasteiger partial charge on any atom is 0.251 e. The van der Waals surface area contributed by atoms with Crippen LogP contribution in [0, 0.1) is 0 Å². The van der Waals surface area contributed by atoms with E-state index in [1.54, 1.807) is 4.68 Å². The quantitative estimate of drug-likeness (QED) is 0.596. The van der Waals surface area contributed by atoms with Gasteiger partial charge in [0, 0.05) is 30.9 Å². The van der Waals surface area contributed by atoms with Crippen LogP contribution in [0.4, 0.5) is 5.69 Å². The van der Waals surface area contributed by atoms with Crippen LogP contribution in [-0.2, 0) is 9.47 Å². The third kappa shape index (κ3) is 3.53. The van der Waals surface area contributed by atoms with Crippen molar-refractivity contribution in [1.82, 2.24) is 25.5 Å². The highest BCUT2D eigenvalue weighted by Gasteiger charge is 2.50. The molecule has 0 unspecified atom stereocenters. The summed E-state index contributed by atoms with van der Waals surface area (Å²) in [6, 6.07) is 12.6. The number of nitrogens with zero attached hydrogens (tertiary/aromatic N) is 5. The number of tetrazole rings is 1. The molecule has 0 bridgehead atoms. The van der Waals surface area contributed by atoms with Crippen molar-refractivity contribution in [3.8, 4) is 22.9 Å². The Labute approximate surface area is 195 Å². The zero-order chi connectivity index (χ0) is 23.2. The predicted octanol–water partition coefficient (Wildman–Crippen LogP) is 1.27. The Morgan fingerprint density at radius 2 is 1.82 bits per heavy atom. The van der Waals surface area contributed by atoms with E-state index in [9.17, 15) is 4.79 Å². The van der Waals surface area contributed by atoms with Gasteiger partial charge in [0.25, 0.3) is 5.91 Å². The number of fused-ring (bicyclic) bond motifs is 2. The minimum atomic E-state index is -0.288. The van der Waals surface area contributed by atoms with Crippen LogP contribution in [0.3, 0.4) is 0 Å². The molecule has 1 N–H and O–H groups in total. The van der Waals surface area contributed by atoms with Crippen molar-refractivity contribution in [1.29, 1.82) is 0 Å². The predicted molar refractivity (Wildman–Crippen MR) is 120 cm³/mol. The van der Waals surface area contributed by atoms with E-state index in [4.69, 9.17) is 18.9 Å². The Morgan fingerprint density at radius 1 is 1.03 bits per heavy atom. The number of rotatable bonds is 5. The van der Waals surface area contributed by atoms with Gasteiger partial charge in [-0.3, -0.25) is 4.79 Å². The van der Waals surface area contributed by atoms with Crippen molar-refractivity contribution < 1.29 is 23.7 Å². The first-order valence-electron chi connectivity index (χ1n) is 11.1. The molecule has 2 aromatic carbocycles. The molecule has 11 nitrogen and oxygen atoms in total. The number of hydrogen-bond donors (Lipinski definition) is 1. The van der Waals surface area contributed by atoms with Gasteiger partial charge < -0.3 is 29.2 Å². The van der Waals surface area contributed by atoms with Crippen molar-refractivity contribution in [2.24, 2.45) is 0 Å². The van der Waals surface area contributed by atoms with E-state index in [0.29, 0.717) is 36.1 Å². The number of anilines is 1. The van der Waals surface area contributed by atoms with Crippen LogP contribution in [0.15, 0.2) is 42.5 Å². The SMILES string of the molecule is CN(C)c1ccc(C(=O)N[C@@H]2CO[C@@H]3[C@@H]2OC[C@@H]3n2nnnc2-c2ccc3c(c2)OCO3)cc1. The minimum Gasteiger partial charge on any atom is -0.454 e. The van der Waals surface area contributed by atoms with Gasteiger partial charge in [0.1, 0.15) is 18.2 Å². The van der Waals surface area contributed by atoms with Gasteiger partial charge in [-0.1, -0.05) is 0 Å². The lowest BCUT2D eigenvalue weighted by atomic mass is 10.1. The van der Waals surface area contributed by atoms with E-state index in [-0.39, 0.29) is 37.0 Å². The smallest absolute Gasteiger partial charge is 0.251 e. The zero-order valence-corrected chi connectivity index (χ0v) is 18.7. The van der Waals surface area contributed by atoms with Crippen molar-refractivity contribution >= 4 is 11.6 Å². The maximum atomic E-state index is 12.8. The van der Waals surface area contributed by atoms with Gasteiger partial charge in [-0.2, -0.15) is 0 Å². The lowest BCUT2D eigenvalue weighted by Crippen LogP contribution is -2.44. The van der Waals surface area contributed by atoms with Gasteiger partial charge >= 0.3 is 0 Å². The molecule has 1 amide bonds. The fourth-order valence-corrected chi connectivity index (χ4v) is 4.62. The number of amides is 1. The minimum absolute atomic E-state index is 0.157. The second kappa shape index (κ2) is 8.26. The molecule has 34 heavy (non-hydrogen) atoms. The first-order valence-corrected chi connectivity index (χ1v) is 11.1. The molecule has 0 aliphatic carbocycles. The van der Waals surface area contributed by atoms with E-state index < -0.39 is 0 Å². The highest BCUT2D eigenvalue weighted by molar-refractivity contribution is 5.94. The molecule has 2 saturated heterocycles. The molecule has 6 rings (SSSR count). The second-order valence-corrected chi connectivity index (χ2v) is 8.70. The summed E-state index contributed by atoms with van der Waals surface area (Å²) in [6.07, 6.45) is -0.568. The first kappa shape index (κ1) is 20.9. The van der Waals surface area contributed by atoms with Crippen molar-refractivity contribution in [2.45, 2.75) is 24.3 Å². The fraction of sp³-hybridized carbons (Fsp3) is 0.391. The van der Waals surface area contributed by atoms with E-state index in [0.717, 1.165) is 11.3 Å². The van der Waals surface area contributed by atoms with Crippen LogP contribution in [0.2, 0.25) is 0 Å². The summed E-state index contributed by atoms with van der Waals surface area (Å²) in [6.45, 7) is 0.932. The second-order valence-electron chi connectivity index (χ2n) is 8.70. The lowest BCUT2D eigenvalue weighted by molar-refractivity contribution is 0.0615. The van der Waals surface area contributed by atoms with Gasteiger partial charge in [0.05, 0.1) is 19.3 Å². The highest BCUT2D eigenvalue weighted by atomic mass is 16.7. The van der Waals surface area contributed by atoms with Crippen LogP contribution in [0.1, 0.15) is 16.4 Å². The molecule has 2 fully saturated rings. The summed E-state index contributed by atoms with van der Waals surface area (Å²) in [7, 11) is 3.92. The van der Waals surface area contributed by atoms with E-state index >= 15 is 0 Å². The van der Waals surface area contributed by atoms with E-state index in [1.807, 2.05) is 61.5 Å². The number of hydrogen-bond acceptors (Lipinski definition) is 9. The van der Waals surface area contributed by atoms with Gasteiger partial charge in [-0.05, 0) is 52.9 Å². The van der Waals surface area contributed by atoms with E-state index in [1.165, 1.54) is 0 Å². The summed E-state index contributed by atoms with van der Waals surface area (Å²) in [5.41, 5.74) is 2.43. The van der Waals surface area contributed by atoms with Crippen LogP contribution in [0.25, 0.3) is 11.4 Å². The molecular formula is C23H24N6O5. The number of nitrogens with one attached hydrogen (secondary N) is 1. The van der Waals surface area contributed by atoms with Gasteiger partial charge in [0.15, 0.2) is 17.3 Å². The van der Waals surface area contributed by atoms with Crippen molar-refractivity contribution in [3.63, 3.8) is 0 Å². The topological polar surface area (TPSA) is 113 Å². The summed E-state index contributed by atoms with van der Waals surface area (Å²) in [4.78, 5) is 14.8. The Hall–Kier alpha value is -3.70. The molecule has 0 radical (unpaired) electrons. The number of carbonyl (C=O) groups excluding carboxylic acids is 1. The summed E-state index contributed by atoms with van der Waals surface area (Å²) in [5.74, 6) is 1.78. The Balaban J connectivity index is 1.17. The van der Waals surface area contributed by atoms with Gasteiger partial charge in [-0.25, -0.2) is 4.68 Å².